The lowest BCUT2D eigenvalue weighted by atomic mass is 9.67. The van der Waals surface area contributed by atoms with E-state index < -0.39 is 18.3 Å². The molecule has 30 heavy (non-hydrogen) atoms. The minimum atomic E-state index is -4.36. The summed E-state index contributed by atoms with van der Waals surface area (Å²) in [4.78, 5) is 19.5. The number of nitrogens with zero attached hydrogens (tertiary/aromatic N) is 3. The van der Waals surface area contributed by atoms with Gasteiger partial charge in [-0.15, -0.1) is 0 Å². The summed E-state index contributed by atoms with van der Waals surface area (Å²) >= 11 is 0. The lowest BCUT2D eigenvalue weighted by Crippen LogP contribution is -2.61. The number of halogens is 3. The van der Waals surface area contributed by atoms with Crippen molar-refractivity contribution in [3.63, 3.8) is 0 Å². The van der Waals surface area contributed by atoms with Gasteiger partial charge in [0.15, 0.2) is 0 Å². The Morgan fingerprint density at radius 2 is 1.97 bits per heavy atom. The van der Waals surface area contributed by atoms with E-state index in [1.54, 1.807) is 18.2 Å². The number of para-hydroxylation sites is 1. The first-order valence-electron chi connectivity index (χ1n) is 10.8. The summed E-state index contributed by atoms with van der Waals surface area (Å²) in [5, 5.41) is 11.4. The minimum Gasteiger partial charge on any atom is -0.389 e. The molecular weight excluding hydrogens is 395 g/mol. The van der Waals surface area contributed by atoms with Gasteiger partial charge in [0.25, 0.3) is 5.91 Å². The van der Waals surface area contributed by atoms with E-state index in [-0.39, 0.29) is 17.9 Å². The normalized spacial score (nSPS) is 29.8. The molecule has 0 radical (unpaired) electrons. The third-order valence-corrected chi connectivity index (χ3v) is 7.30. The number of alkyl halides is 3. The fourth-order valence-electron chi connectivity index (χ4n) is 5.80. The second kappa shape index (κ2) is 6.97. The van der Waals surface area contributed by atoms with E-state index in [4.69, 9.17) is 0 Å². The molecule has 0 bridgehead atoms. The molecule has 3 atom stereocenters. The van der Waals surface area contributed by atoms with Gasteiger partial charge in [0, 0.05) is 18.5 Å². The zero-order valence-electron chi connectivity index (χ0n) is 16.7. The van der Waals surface area contributed by atoms with Crippen LogP contribution in [0.25, 0.3) is 11.0 Å². The van der Waals surface area contributed by atoms with E-state index in [0.29, 0.717) is 35.5 Å². The number of piperidine rings is 1. The number of fused-ring (bicyclic) bond motifs is 2. The highest BCUT2D eigenvalue weighted by Crippen LogP contribution is 2.52. The van der Waals surface area contributed by atoms with Crippen molar-refractivity contribution in [3.8, 4) is 0 Å². The van der Waals surface area contributed by atoms with Crippen molar-refractivity contribution < 1.29 is 23.1 Å². The SMILES string of the molecule is O=C(c1cccc2c1ncn2CC(F)(F)F)N1CCC(O)(C2CC2)C2CCCCC21. The van der Waals surface area contributed by atoms with Crippen LogP contribution in [0.3, 0.4) is 0 Å². The molecule has 2 saturated carbocycles. The monoisotopic (exact) mass is 421 g/mol. The van der Waals surface area contributed by atoms with E-state index in [9.17, 15) is 23.1 Å². The number of rotatable bonds is 3. The Labute approximate surface area is 172 Å². The summed E-state index contributed by atoms with van der Waals surface area (Å²) in [6.07, 6.45) is 3.36. The second-order valence-electron chi connectivity index (χ2n) is 9.13. The van der Waals surface area contributed by atoms with E-state index in [1.165, 1.54) is 0 Å². The van der Waals surface area contributed by atoms with Crippen LogP contribution in [0.2, 0.25) is 0 Å². The molecule has 1 aliphatic heterocycles. The molecule has 3 unspecified atom stereocenters. The van der Waals surface area contributed by atoms with Gasteiger partial charge in [-0.05, 0) is 50.2 Å². The number of carbonyl (C=O) groups is 1. The topological polar surface area (TPSA) is 58.4 Å². The number of hydrogen-bond donors (Lipinski definition) is 1. The van der Waals surface area contributed by atoms with Crippen molar-refractivity contribution in [2.45, 2.75) is 69.3 Å². The average Bonchev–Trinajstić information content (AvgIpc) is 3.50. The fraction of sp³-hybridized carbons (Fsp3) is 0.636. The first kappa shape index (κ1) is 19.8. The van der Waals surface area contributed by atoms with Crippen LogP contribution in [0.1, 0.15) is 55.3 Å². The van der Waals surface area contributed by atoms with Crippen molar-refractivity contribution in [3.05, 3.63) is 30.1 Å². The maximum atomic E-state index is 13.5. The Hall–Kier alpha value is -2.09. The fourth-order valence-corrected chi connectivity index (χ4v) is 5.80. The Morgan fingerprint density at radius 3 is 2.70 bits per heavy atom. The van der Waals surface area contributed by atoms with Crippen LogP contribution in [-0.2, 0) is 6.54 Å². The summed E-state index contributed by atoms with van der Waals surface area (Å²) in [6.45, 7) is -0.656. The van der Waals surface area contributed by atoms with Crippen molar-refractivity contribution in [1.29, 1.82) is 0 Å². The van der Waals surface area contributed by atoms with Gasteiger partial charge in [-0.2, -0.15) is 13.2 Å². The highest BCUT2D eigenvalue weighted by atomic mass is 19.4. The molecule has 3 fully saturated rings. The standard InChI is InChI=1S/C22H26F3N3O2/c23-22(24,25)12-27-13-26-19-15(4-3-7-18(19)27)20(29)28-11-10-21(30,14-8-9-14)16-5-1-2-6-17(16)28/h3-4,7,13-14,16-17,30H,1-2,5-6,8-12H2. The molecule has 2 aliphatic carbocycles. The number of aromatic nitrogens is 2. The summed E-state index contributed by atoms with van der Waals surface area (Å²) in [6, 6.07) is 4.82. The van der Waals surface area contributed by atoms with Gasteiger partial charge < -0.3 is 14.6 Å². The maximum absolute atomic E-state index is 13.5. The number of amides is 1. The van der Waals surface area contributed by atoms with Gasteiger partial charge in [-0.1, -0.05) is 18.9 Å². The third-order valence-electron chi connectivity index (χ3n) is 7.30. The van der Waals surface area contributed by atoms with Crippen LogP contribution < -0.4 is 0 Å². The molecule has 2 aromatic rings. The molecule has 1 saturated heterocycles. The summed E-state index contributed by atoms with van der Waals surface area (Å²) < 4.78 is 39.7. The van der Waals surface area contributed by atoms with Crippen molar-refractivity contribution in [2.75, 3.05) is 6.54 Å². The highest BCUT2D eigenvalue weighted by Gasteiger charge is 2.56. The molecule has 162 valence electrons. The Morgan fingerprint density at radius 1 is 1.20 bits per heavy atom. The van der Waals surface area contributed by atoms with Crippen molar-refractivity contribution in [1.82, 2.24) is 14.5 Å². The third kappa shape index (κ3) is 3.29. The molecule has 2 heterocycles. The summed E-state index contributed by atoms with van der Waals surface area (Å²) in [7, 11) is 0. The van der Waals surface area contributed by atoms with Crippen LogP contribution in [0.5, 0.6) is 0 Å². The lowest BCUT2D eigenvalue weighted by Gasteiger charge is -2.52. The molecule has 1 aromatic carbocycles. The molecule has 1 aromatic heterocycles. The van der Waals surface area contributed by atoms with Gasteiger partial charge in [0.1, 0.15) is 12.1 Å². The van der Waals surface area contributed by atoms with E-state index in [1.807, 2.05) is 4.90 Å². The van der Waals surface area contributed by atoms with Crippen LogP contribution in [0, 0.1) is 11.8 Å². The predicted molar refractivity (Wildman–Crippen MR) is 105 cm³/mol. The van der Waals surface area contributed by atoms with Crippen LogP contribution in [0.15, 0.2) is 24.5 Å². The molecule has 8 heteroatoms. The summed E-state index contributed by atoms with van der Waals surface area (Å²) in [5.74, 6) is 0.243. The Balaban J connectivity index is 1.46. The van der Waals surface area contributed by atoms with Crippen LogP contribution in [0.4, 0.5) is 13.2 Å². The average molecular weight is 421 g/mol. The van der Waals surface area contributed by atoms with Gasteiger partial charge in [0.05, 0.1) is 23.0 Å². The zero-order valence-corrected chi connectivity index (χ0v) is 16.7. The van der Waals surface area contributed by atoms with Crippen molar-refractivity contribution >= 4 is 16.9 Å². The van der Waals surface area contributed by atoms with Crippen LogP contribution >= 0.6 is 0 Å². The Bertz CT molecular complexity index is 968. The van der Waals surface area contributed by atoms with Gasteiger partial charge in [0.2, 0.25) is 0 Å². The maximum Gasteiger partial charge on any atom is 0.406 e. The molecule has 5 rings (SSSR count). The van der Waals surface area contributed by atoms with Gasteiger partial charge in [-0.3, -0.25) is 4.79 Å². The van der Waals surface area contributed by atoms with E-state index >= 15 is 0 Å². The minimum absolute atomic E-state index is 0.0156. The van der Waals surface area contributed by atoms with E-state index in [2.05, 4.69) is 4.98 Å². The van der Waals surface area contributed by atoms with Crippen molar-refractivity contribution in [2.24, 2.45) is 11.8 Å². The number of carbonyl (C=O) groups excluding carboxylic acids is 1. The molecular formula is C22H26F3N3O2. The van der Waals surface area contributed by atoms with Gasteiger partial charge in [-0.25, -0.2) is 4.98 Å². The number of benzene rings is 1. The van der Waals surface area contributed by atoms with Crippen LogP contribution in [-0.4, -0.2) is 49.8 Å². The Kier molecular flexibility index (Phi) is 4.61. The first-order chi connectivity index (χ1) is 14.3. The first-order valence-corrected chi connectivity index (χ1v) is 10.8. The van der Waals surface area contributed by atoms with E-state index in [0.717, 1.165) is 49.4 Å². The number of likely N-dealkylation sites (tertiary alicyclic amines) is 1. The molecule has 5 nitrogen and oxygen atoms in total. The smallest absolute Gasteiger partial charge is 0.389 e. The zero-order chi connectivity index (χ0) is 21.1. The van der Waals surface area contributed by atoms with Gasteiger partial charge >= 0.3 is 6.18 Å². The predicted octanol–water partition coefficient (Wildman–Crippen LogP) is 4.14. The largest absolute Gasteiger partial charge is 0.406 e. The number of imidazole rings is 1. The molecule has 1 N–H and O–H groups in total. The second-order valence-corrected chi connectivity index (χ2v) is 9.13. The summed E-state index contributed by atoms with van der Waals surface area (Å²) in [5.41, 5.74) is 0.281. The lowest BCUT2D eigenvalue weighted by molar-refractivity contribution is -0.140. The molecule has 0 spiro atoms. The number of aliphatic hydroxyl groups is 1. The molecule has 1 amide bonds. The highest BCUT2D eigenvalue weighted by molar-refractivity contribution is 6.05. The number of hydrogen-bond acceptors (Lipinski definition) is 3. The quantitative estimate of drug-likeness (QED) is 0.810. The molecule has 3 aliphatic rings.